The van der Waals surface area contributed by atoms with Gasteiger partial charge in [0, 0.05) is 25.8 Å². The van der Waals surface area contributed by atoms with E-state index in [2.05, 4.69) is 22.8 Å². The molecule has 2 heterocycles. The number of carbonyl (C=O) groups is 2. The molecule has 0 aromatic rings. The van der Waals surface area contributed by atoms with Gasteiger partial charge in [-0.25, -0.2) is 0 Å². The molecule has 0 bridgehead atoms. The maximum atomic E-state index is 11.6. The Morgan fingerprint density at radius 3 is 2.95 bits per heavy atom. The Bertz CT molecular complexity index is 395. The summed E-state index contributed by atoms with van der Waals surface area (Å²) in [5.74, 6) is 0.466. The number of carbonyl (C=O) groups excluding carboxylic acids is 2. The van der Waals surface area contributed by atoms with E-state index in [0.717, 1.165) is 19.3 Å². The summed E-state index contributed by atoms with van der Waals surface area (Å²) >= 11 is 0. The van der Waals surface area contributed by atoms with Gasteiger partial charge >= 0.3 is 5.97 Å². The number of hydrogen-bond donors (Lipinski definition) is 2. The normalized spacial score (nSPS) is 28.7. The number of esters is 1. The molecular formula is C13H21N3O3. The van der Waals surface area contributed by atoms with Crippen LogP contribution in [-0.2, 0) is 14.3 Å². The van der Waals surface area contributed by atoms with Crippen molar-refractivity contribution in [3.63, 3.8) is 0 Å². The average molecular weight is 267 g/mol. The quantitative estimate of drug-likeness (QED) is 0.729. The zero-order chi connectivity index (χ0) is 13.8. The first-order valence-electron chi connectivity index (χ1n) is 6.86. The Kier molecular flexibility index (Phi) is 4.39. The Morgan fingerprint density at radius 2 is 2.21 bits per heavy atom. The first-order chi connectivity index (χ1) is 9.06. The topological polar surface area (TPSA) is 79.8 Å². The fraction of sp³-hybridized carbons (Fsp3) is 0.769. The van der Waals surface area contributed by atoms with Crippen LogP contribution in [0.4, 0.5) is 0 Å². The number of amides is 1. The number of hydrazone groups is 1. The van der Waals surface area contributed by atoms with Crippen LogP contribution in [0, 0.1) is 5.92 Å². The molecule has 0 spiro atoms. The first-order valence-corrected chi connectivity index (χ1v) is 6.86. The third kappa shape index (κ3) is 3.68. The fourth-order valence-corrected chi connectivity index (χ4v) is 2.64. The molecule has 2 N–H and O–H groups in total. The minimum absolute atomic E-state index is 0.109. The second kappa shape index (κ2) is 6.04. The number of nitrogens with zero attached hydrogens (tertiary/aromatic N) is 1. The monoisotopic (exact) mass is 267 g/mol. The van der Waals surface area contributed by atoms with Crippen molar-refractivity contribution in [2.75, 3.05) is 0 Å². The number of hydrogen-bond acceptors (Lipinski definition) is 5. The van der Waals surface area contributed by atoms with Crippen LogP contribution in [0.5, 0.6) is 0 Å². The number of rotatable bonds is 2. The molecule has 106 valence electrons. The standard InChI is InChI=1S/C13H21N3O3/c1-8(10-5-3-4-6-12(18)14-10)11-7-13(16-15-11)19-9(2)17/h8,10-11,15H,3-7H2,1-2H3,(H,14,18). The van der Waals surface area contributed by atoms with Crippen LogP contribution in [0.1, 0.15) is 46.0 Å². The highest BCUT2D eigenvalue weighted by atomic mass is 16.5. The van der Waals surface area contributed by atoms with Gasteiger partial charge in [-0.1, -0.05) is 13.3 Å². The summed E-state index contributed by atoms with van der Waals surface area (Å²) in [6, 6.07) is 0.275. The zero-order valence-electron chi connectivity index (χ0n) is 11.4. The van der Waals surface area contributed by atoms with E-state index >= 15 is 0 Å². The summed E-state index contributed by atoms with van der Waals surface area (Å²) in [6.45, 7) is 3.46. The van der Waals surface area contributed by atoms with Crippen molar-refractivity contribution in [3.05, 3.63) is 0 Å². The Labute approximate surface area is 113 Å². The SMILES string of the molecule is CC(=O)OC1=NNC(C(C)C2CCCCC(=O)N2)C1. The molecule has 0 radical (unpaired) electrons. The van der Waals surface area contributed by atoms with E-state index in [0.29, 0.717) is 18.7 Å². The Balaban J connectivity index is 1.88. The summed E-state index contributed by atoms with van der Waals surface area (Å²) in [4.78, 5) is 22.5. The molecule has 0 aliphatic carbocycles. The zero-order valence-corrected chi connectivity index (χ0v) is 11.4. The van der Waals surface area contributed by atoms with E-state index < -0.39 is 0 Å². The second-order valence-electron chi connectivity index (χ2n) is 5.32. The summed E-state index contributed by atoms with van der Waals surface area (Å²) in [5, 5.41) is 7.10. The van der Waals surface area contributed by atoms with E-state index in [1.165, 1.54) is 6.92 Å². The lowest BCUT2D eigenvalue weighted by Gasteiger charge is -2.27. The van der Waals surface area contributed by atoms with Crippen LogP contribution in [0.3, 0.4) is 0 Å². The predicted octanol–water partition coefficient (Wildman–Crippen LogP) is 0.920. The highest BCUT2D eigenvalue weighted by Crippen LogP contribution is 2.22. The Morgan fingerprint density at radius 1 is 1.42 bits per heavy atom. The van der Waals surface area contributed by atoms with Crippen molar-refractivity contribution in [2.45, 2.75) is 58.0 Å². The van der Waals surface area contributed by atoms with Gasteiger partial charge in [0.15, 0.2) is 0 Å². The molecule has 0 aromatic carbocycles. The van der Waals surface area contributed by atoms with E-state index in [4.69, 9.17) is 4.74 Å². The van der Waals surface area contributed by atoms with Gasteiger partial charge in [0.05, 0.1) is 6.04 Å². The van der Waals surface area contributed by atoms with Crippen LogP contribution in [0.25, 0.3) is 0 Å². The van der Waals surface area contributed by atoms with E-state index in [1.54, 1.807) is 0 Å². The highest BCUT2D eigenvalue weighted by molar-refractivity contribution is 5.88. The molecule has 0 saturated carbocycles. The smallest absolute Gasteiger partial charge is 0.309 e. The van der Waals surface area contributed by atoms with Crippen LogP contribution in [-0.4, -0.2) is 29.9 Å². The summed E-state index contributed by atoms with van der Waals surface area (Å²) < 4.78 is 4.99. The van der Waals surface area contributed by atoms with Gasteiger partial charge in [0.25, 0.3) is 0 Å². The summed E-state index contributed by atoms with van der Waals surface area (Å²) in [6.07, 6.45) is 4.23. The van der Waals surface area contributed by atoms with Crippen molar-refractivity contribution < 1.29 is 14.3 Å². The first kappa shape index (κ1) is 13.8. The van der Waals surface area contributed by atoms with Crippen molar-refractivity contribution >= 4 is 17.8 Å². The molecular weight excluding hydrogens is 246 g/mol. The number of nitrogens with one attached hydrogen (secondary N) is 2. The summed E-state index contributed by atoms with van der Waals surface area (Å²) in [5.41, 5.74) is 3.00. The molecule has 1 fully saturated rings. The molecule has 2 aliphatic rings. The maximum absolute atomic E-state index is 11.6. The molecule has 6 heteroatoms. The number of ether oxygens (including phenoxy) is 1. The van der Waals surface area contributed by atoms with Gasteiger partial charge in [0.2, 0.25) is 11.8 Å². The van der Waals surface area contributed by atoms with Gasteiger partial charge in [-0.15, -0.1) is 5.10 Å². The minimum Gasteiger partial charge on any atom is -0.410 e. The molecule has 2 rings (SSSR count). The molecule has 3 atom stereocenters. The largest absolute Gasteiger partial charge is 0.410 e. The van der Waals surface area contributed by atoms with Crippen molar-refractivity contribution in [1.29, 1.82) is 0 Å². The fourth-order valence-electron chi connectivity index (χ4n) is 2.64. The second-order valence-corrected chi connectivity index (χ2v) is 5.32. The van der Waals surface area contributed by atoms with Gasteiger partial charge < -0.3 is 15.5 Å². The van der Waals surface area contributed by atoms with Crippen LogP contribution < -0.4 is 10.7 Å². The third-order valence-electron chi connectivity index (χ3n) is 3.80. The molecule has 6 nitrogen and oxygen atoms in total. The lowest BCUT2D eigenvalue weighted by molar-refractivity contribution is -0.133. The lowest BCUT2D eigenvalue weighted by atomic mass is 9.89. The van der Waals surface area contributed by atoms with Crippen molar-refractivity contribution in [3.8, 4) is 0 Å². The average Bonchev–Trinajstić information content (AvgIpc) is 2.68. The molecule has 19 heavy (non-hydrogen) atoms. The van der Waals surface area contributed by atoms with E-state index in [9.17, 15) is 9.59 Å². The summed E-state index contributed by atoms with van der Waals surface area (Å²) in [7, 11) is 0. The minimum atomic E-state index is -0.350. The van der Waals surface area contributed by atoms with E-state index in [1.807, 2.05) is 0 Å². The molecule has 3 unspecified atom stereocenters. The third-order valence-corrected chi connectivity index (χ3v) is 3.80. The Hall–Kier alpha value is -1.59. The van der Waals surface area contributed by atoms with Gasteiger partial charge in [-0.2, -0.15) is 0 Å². The van der Waals surface area contributed by atoms with E-state index in [-0.39, 0.29) is 29.9 Å². The van der Waals surface area contributed by atoms with Crippen molar-refractivity contribution in [2.24, 2.45) is 11.0 Å². The molecule has 1 saturated heterocycles. The predicted molar refractivity (Wildman–Crippen MR) is 70.3 cm³/mol. The van der Waals surface area contributed by atoms with Crippen LogP contribution in [0.2, 0.25) is 0 Å². The molecule has 0 aromatic heterocycles. The highest BCUT2D eigenvalue weighted by Gasteiger charge is 2.32. The maximum Gasteiger partial charge on any atom is 0.309 e. The lowest BCUT2D eigenvalue weighted by Crippen LogP contribution is -2.45. The van der Waals surface area contributed by atoms with Crippen LogP contribution in [0.15, 0.2) is 5.10 Å². The van der Waals surface area contributed by atoms with Crippen molar-refractivity contribution in [1.82, 2.24) is 10.7 Å². The van der Waals surface area contributed by atoms with Gasteiger partial charge in [-0.05, 0) is 18.8 Å². The van der Waals surface area contributed by atoms with Crippen LogP contribution >= 0.6 is 0 Å². The van der Waals surface area contributed by atoms with Gasteiger partial charge in [0.1, 0.15) is 0 Å². The van der Waals surface area contributed by atoms with Gasteiger partial charge in [-0.3, -0.25) is 9.59 Å². The molecule has 2 aliphatic heterocycles. The molecule has 1 amide bonds.